The topological polar surface area (TPSA) is 49.7 Å². The van der Waals surface area contributed by atoms with Gasteiger partial charge in [-0.2, -0.15) is 0 Å². The molecule has 0 aliphatic rings. The summed E-state index contributed by atoms with van der Waals surface area (Å²) in [5.74, 6) is -0.772. The molecule has 0 amide bonds. The van der Waals surface area contributed by atoms with E-state index in [9.17, 15) is 14.4 Å². The van der Waals surface area contributed by atoms with Crippen LogP contribution in [0.5, 0.6) is 5.75 Å². The Kier molecular flexibility index (Phi) is 3.65. The van der Waals surface area contributed by atoms with Gasteiger partial charge in [0, 0.05) is 5.46 Å². The Morgan fingerprint density at radius 1 is 1.06 bits per heavy atom. The maximum absolute atomic E-state index is 14.0. The zero-order valence-electron chi connectivity index (χ0n) is 9.80. The van der Waals surface area contributed by atoms with Gasteiger partial charge in [-0.1, -0.05) is 36.4 Å². The first kappa shape index (κ1) is 12.6. The molecule has 0 unspecified atom stereocenters. The molecule has 0 fully saturated rings. The first-order valence-electron chi connectivity index (χ1n) is 5.43. The van der Waals surface area contributed by atoms with Crippen molar-refractivity contribution in [3.8, 4) is 16.9 Å². The van der Waals surface area contributed by atoms with Crippen LogP contribution in [0, 0.1) is 5.82 Å². The molecule has 18 heavy (non-hydrogen) atoms. The molecule has 0 atom stereocenters. The number of methoxy groups -OCH3 is 1. The summed E-state index contributed by atoms with van der Waals surface area (Å²) < 4.78 is 18.9. The first-order valence-corrected chi connectivity index (χ1v) is 5.43. The van der Waals surface area contributed by atoms with Crippen LogP contribution < -0.4 is 10.2 Å². The molecule has 5 heteroatoms. The predicted molar refractivity (Wildman–Crippen MR) is 68.2 cm³/mol. The Labute approximate surface area is 105 Å². The standard InChI is InChI=1S/C13H12BFO3/c1-18-11-8-7-10(9-5-3-2-4-6-9)12(13(11)15)14(16)17/h2-8,16-17H,1H3. The normalized spacial score (nSPS) is 10.2. The molecule has 92 valence electrons. The van der Waals surface area contributed by atoms with Crippen molar-refractivity contribution in [3.05, 3.63) is 48.3 Å². The fourth-order valence-electron chi connectivity index (χ4n) is 1.85. The highest BCUT2D eigenvalue weighted by Gasteiger charge is 2.24. The van der Waals surface area contributed by atoms with E-state index in [1.807, 2.05) is 6.07 Å². The summed E-state index contributed by atoms with van der Waals surface area (Å²) in [6.07, 6.45) is 0. The van der Waals surface area contributed by atoms with Crippen molar-refractivity contribution >= 4 is 12.6 Å². The van der Waals surface area contributed by atoms with Gasteiger partial charge in [-0.3, -0.25) is 0 Å². The monoisotopic (exact) mass is 246 g/mol. The van der Waals surface area contributed by atoms with Crippen molar-refractivity contribution in [2.75, 3.05) is 7.11 Å². The summed E-state index contributed by atoms with van der Waals surface area (Å²) in [7, 11) is -0.566. The van der Waals surface area contributed by atoms with E-state index in [1.54, 1.807) is 30.3 Å². The fraction of sp³-hybridized carbons (Fsp3) is 0.0769. The summed E-state index contributed by atoms with van der Waals surface area (Å²) in [6.45, 7) is 0. The van der Waals surface area contributed by atoms with Crippen LogP contribution in [-0.4, -0.2) is 24.3 Å². The van der Waals surface area contributed by atoms with Gasteiger partial charge in [-0.05, 0) is 17.2 Å². The lowest BCUT2D eigenvalue weighted by Gasteiger charge is -2.12. The number of halogens is 1. The van der Waals surface area contributed by atoms with Gasteiger partial charge in [0.1, 0.15) is 0 Å². The van der Waals surface area contributed by atoms with Crippen molar-refractivity contribution in [1.29, 1.82) is 0 Å². The molecule has 0 saturated carbocycles. The van der Waals surface area contributed by atoms with E-state index < -0.39 is 12.9 Å². The van der Waals surface area contributed by atoms with Gasteiger partial charge in [0.25, 0.3) is 0 Å². The zero-order chi connectivity index (χ0) is 13.1. The molecule has 0 aromatic heterocycles. The van der Waals surface area contributed by atoms with Gasteiger partial charge in [-0.25, -0.2) is 4.39 Å². The van der Waals surface area contributed by atoms with E-state index in [-0.39, 0.29) is 11.2 Å². The van der Waals surface area contributed by atoms with Crippen molar-refractivity contribution in [3.63, 3.8) is 0 Å². The third-order valence-corrected chi connectivity index (χ3v) is 2.71. The molecule has 2 aromatic rings. The van der Waals surface area contributed by atoms with Gasteiger partial charge in [-0.15, -0.1) is 0 Å². The molecule has 0 heterocycles. The van der Waals surface area contributed by atoms with Crippen LogP contribution in [0.3, 0.4) is 0 Å². The van der Waals surface area contributed by atoms with Gasteiger partial charge in [0.2, 0.25) is 0 Å². The zero-order valence-corrected chi connectivity index (χ0v) is 9.80. The van der Waals surface area contributed by atoms with E-state index in [1.165, 1.54) is 13.2 Å². The lowest BCUT2D eigenvalue weighted by molar-refractivity contribution is 0.384. The second-order valence-corrected chi connectivity index (χ2v) is 3.78. The van der Waals surface area contributed by atoms with Crippen LogP contribution in [0.1, 0.15) is 0 Å². The summed E-state index contributed by atoms with van der Waals surface area (Å²) in [4.78, 5) is 0. The predicted octanol–water partition coefficient (Wildman–Crippen LogP) is 1.18. The number of ether oxygens (including phenoxy) is 1. The van der Waals surface area contributed by atoms with Gasteiger partial charge < -0.3 is 14.8 Å². The molecule has 2 rings (SSSR count). The highest BCUT2D eigenvalue weighted by Crippen LogP contribution is 2.23. The minimum atomic E-state index is -1.89. The average molecular weight is 246 g/mol. The third-order valence-electron chi connectivity index (χ3n) is 2.71. The Balaban J connectivity index is 2.65. The minimum absolute atomic E-state index is 0.0159. The molecular formula is C13H12BFO3. The van der Waals surface area contributed by atoms with E-state index in [2.05, 4.69) is 0 Å². The number of rotatable bonds is 3. The molecule has 0 aliphatic carbocycles. The van der Waals surface area contributed by atoms with Crippen LogP contribution in [0.15, 0.2) is 42.5 Å². The average Bonchev–Trinajstić information content (AvgIpc) is 2.39. The summed E-state index contributed by atoms with van der Waals surface area (Å²) in [6, 6.07) is 12.0. The third kappa shape index (κ3) is 2.23. The number of benzene rings is 2. The van der Waals surface area contributed by atoms with E-state index >= 15 is 0 Å². The Hall–Kier alpha value is -1.85. The van der Waals surface area contributed by atoms with Gasteiger partial charge >= 0.3 is 7.12 Å². The Morgan fingerprint density at radius 2 is 1.72 bits per heavy atom. The van der Waals surface area contributed by atoms with Crippen molar-refractivity contribution in [2.45, 2.75) is 0 Å². The Morgan fingerprint density at radius 3 is 2.28 bits per heavy atom. The van der Waals surface area contributed by atoms with Gasteiger partial charge in [0.05, 0.1) is 7.11 Å². The lowest BCUT2D eigenvalue weighted by Crippen LogP contribution is -2.34. The molecule has 0 saturated heterocycles. The molecule has 0 spiro atoms. The van der Waals surface area contributed by atoms with Crippen LogP contribution in [0.2, 0.25) is 0 Å². The van der Waals surface area contributed by atoms with Crippen molar-refractivity contribution in [2.24, 2.45) is 0 Å². The lowest BCUT2D eigenvalue weighted by atomic mass is 9.74. The van der Waals surface area contributed by atoms with E-state index in [0.29, 0.717) is 11.1 Å². The molecule has 2 aromatic carbocycles. The number of hydrogen-bond donors (Lipinski definition) is 2. The second-order valence-electron chi connectivity index (χ2n) is 3.78. The molecule has 0 bridgehead atoms. The first-order chi connectivity index (χ1) is 8.65. The molecule has 0 aliphatic heterocycles. The van der Waals surface area contributed by atoms with Crippen LogP contribution >= 0.6 is 0 Å². The quantitative estimate of drug-likeness (QED) is 0.799. The van der Waals surface area contributed by atoms with E-state index in [4.69, 9.17) is 4.74 Å². The molecular weight excluding hydrogens is 234 g/mol. The number of hydrogen-bond acceptors (Lipinski definition) is 3. The minimum Gasteiger partial charge on any atom is -0.494 e. The molecule has 3 nitrogen and oxygen atoms in total. The largest absolute Gasteiger partial charge is 0.494 e. The van der Waals surface area contributed by atoms with Crippen LogP contribution in [-0.2, 0) is 0 Å². The summed E-state index contributed by atoms with van der Waals surface area (Å²) in [5, 5.41) is 18.7. The van der Waals surface area contributed by atoms with E-state index in [0.717, 1.165) is 0 Å². The highest BCUT2D eigenvalue weighted by atomic mass is 19.1. The summed E-state index contributed by atoms with van der Waals surface area (Å²) >= 11 is 0. The Bertz CT molecular complexity index is 543. The molecule has 0 radical (unpaired) electrons. The molecule has 2 N–H and O–H groups in total. The fourth-order valence-corrected chi connectivity index (χ4v) is 1.85. The summed E-state index contributed by atoms with van der Waals surface area (Å²) in [5.41, 5.74) is 0.964. The maximum atomic E-state index is 14.0. The smallest absolute Gasteiger partial charge is 0.492 e. The maximum Gasteiger partial charge on any atom is 0.492 e. The van der Waals surface area contributed by atoms with Crippen molar-refractivity contribution < 1.29 is 19.2 Å². The highest BCUT2D eigenvalue weighted by molar-refractivity contribution is 6.60. The second kappa shape index (κ2) is 5.20. The van der Waals surface area contributed by atoms with Crippen LogP contribution in [0.4, 0.5) is 4.39 Å². The van der Waals surface area contributed by atoms with Gasteiger partial charge in [0.15, 0.2) is 11.6 Å². The van der Waals surface area contributed by atoms with Crippen LogP contribution in [0.25, 0.3) is 11.1 Å². The van der Waals surface area contributed by atoms with Crippen molar-refractivity contribution in [1.82, 2.24) is 0 Å². The SMILES string of the molecule is COc1ccc(-c2ccccc2)c(B(O)O)c1F.